The first-order valence-electron chi connectivity index (χ1n) is 8.90. The molecule has 0 saturated carbocycles. The Bertz CT molecular complexity index is 1060. The lowest BCUT2D eigenvalue weighted by atomic mass is 10.1. The van der Waals surface area contributed by atoms with Crippen LogP contribution in [-0.4, -0.2) is 14.8 Å². The zero-order valence-electron chi connectivity index (χ0n) is 15.0. The number of aromatic nitrogens is 3. The van der Waals surface area contributed by atoms with Crippen LogP contribution in [0.2, 0.25) is 5.02 Å². The maximum Gasteiger partial charge on any atom is 0.123 e. The van der Waals surface area contributed by atoms with Gasteiger partial charge in [0.2, 0.25) is 0 Å². The molecule has 6 heteroatoms. The van der Waals surface area contributed by atoms with E-state index >= 15 is 0 Å². The molecule has 0 amide bonds. The largest absolute Gasteiger partial charge is 0.308 e. The fourth-order valence-electron chi connectivity index (χ4n) is 2.99. The van der Waals surface area contributed by atoms with Gasteiger partial charge in [0.05, 0.1) is 16.4 Å². The van der Waals surface area contributed by atoms with Crippen LogP contribution in [0.3, 0.4) is 0 Å². The minimum atomic E-state index is -0.277. The van der Waals surface area contributed by atoms with Crippen LogP contribution in [0, 0.1) is 5.82 Å². The van der Waals surface area contributed by atoms with Gasteiger partial charge in [0.25, 0.3) is 0 Å². The van der Waals surface area contributed by atoms with Crippen molar-refractivity contribution in [3.05, 3.63) is 101 Å². The Morgan fingerprint density at radius 3 is 2.54 bits per heavy atom. The molecule has 2 aromatic heterocycles. The highest BCUT2D eigenvalue weighted by Gasteiger charge is 2.14. The number of nitrogens with zero attached hydrogens (tertiary/aromatic N) is 3. The molecule has 0 unspecified atom stereocenters. The number of nitrogens with one attached hydrogen (secondary N) is 1. The summed E-state index contributed by atoms with van der Waals surface area (Å²) in [4.78, 5) is 4.13. The average Bonchev–Trinajstić information content (AvgIpc) is 3.13. The Morgan fingerprint density at radius 1 is 0.964 bits per heavy atom. The van der Waals surface area contributed by atoms with E-state index in [1.54, 1.807) is 23.0 Å². The first-order chi connectivity index (χ1) is 13.7. The van der Waals surface area contributed by atoms with E-state index in [0.29, 0.717) is 18.1 Å². The monoisotopic (exact) mass is 392 g/mol. The van der Waals surface area contributed by atoms with Crippen molar-refractivity contribution in [1.29, 1.82) is 0 Å². The molecular weight excluding hydrogens is 375 g/mol. The molecule has 0 bridgehead atoms. The zero-order valence-corrected chi connectivity index (χ0v) is 15.8. The summed E-state index contributed by atoms with van der Waals surface area (Å²) in [6, 6.07) is 17.8. The van der Waals surface area contributed by atoms with Gasteiger partial charge in [0.1, 0.15) is 5.82 Å². The topological polar surface area (TPSA) is 42.7 Å². The second-order valence-corrected chi connectivity index (χ2v) is 6.78. The standard InChI is InChI=1S/C22H18ClFN4/c23-21-6-2-1-5-20(21)22-17(14-26-13-16-4-3-11-25-12-16)15-28(27-22)19-9-7-18(24)8-10-19/h1-12,15,26H,13-14H2. The minimum absolute atomic E-state index is 0.277. The van der Waals surface area contributed by atoms with Gasteiger partial charge < -0.3 is 5.32 Å². The first-order valence-corrected chi connectivity index (χ1v) is 9.27. The Balaban J connectivity index is 1.64. The van der Waals surface area contributed by atoms with Crippen LogP contribution in [0.15, 0.2) is 79.3 Å². The van der Waals surface area contributed by atoms with Crippen molar-refractivity contribution in [2.45, 2.75) is 13.1 Å². The van der Waals surface area contributed by atoms with Crippen molar-refractivity contribution in [1.82, 2.24) is 20.1 Å². The van der Waals surface area contributed by atoms with Crippen molar-refractivity contribution in [2.24, 2.45) is 0 Å². The van der Waals surface area contributed by atoms with Gasteiger partial charge in [-0.1, -0.05) is 35.9 Å². The van der Waals surface area contributed by atoms with E-state index in [1.807, 2.05) is 48.8 Å². The molecule has 4 aromatic rings. The van der Waals surface area contributed by atoms with E-state index in [9.17, 15) is 4.39 Å². The predicted octanol–water partition coefficient (Wildman–Crippen LogP) is 5.02. The second-order valence-electron chi connectivity index (χ2n) is 6.37. The highest BCUT2D eigenvalue weighted by molar-refractivity contribution is 6.33. The molecule has 0 radical (unpaired) electrons. The Morgan fingerprint density at radius 2 is 1.79 bits per heavy atom. The molecule has 0 saturated heterocycles. The van der Waals surface area contributed by atoms with E-state index < -0.39 is 0 Å². The van der Waals surface area contributed by atoms with Crippen LogP contribution in [0.1, 0.15) is 11.1 Å². The molecule has 0 spiro atoms. The number of hydrogen-bond acceptors (Lipinski definition) is 3. The van der Waals surface area contributed by atoms with Gasteiger partial charge in [-0.05, 0) is 42.0 Å². The minimum Gasteiger partial charge on any atom is -0.308 e. The predicted molar refractivity (Wildman–Crippen MR) is 109 cm³/mol. The maximum absolute atomic E-state index is 13.3. The van der Waals surface area contributed by atoms with Crippen LogP contribution in [0.4, 0.5) is 4.39 Å². The van der Waals surface area contributed by atoms with Crippen LogP contribution in [-0.2, 0) is 13.1 Å². The van der Waals surface area contributed by atoms with Gasteiger partial charge in [-0.15, -0.1) is 0 Å². The van der Waals surface area contributed by atoms with Crippen molar-refractivity contribution >= 4 is 11.6 Å². The van der Waals surface area contributed by atoms with E-state index in [-0.39, 0.29) is 5.82 Å². The number of rotatable bonds is 6. The van der Waals surface area contributed by atoms with Crippen molar-refractivity contribution < 1.29 is 4.39 Å². The van der Waals surface area contributed by atoms with Gasteiger partial charge in [0, 0.05) is 42.8 Å². The molecule has 0 aliphatic carbocycles. The normalized spacial score (nSPS) is 10.9. The smallest absolute Gasteiger partial charge is 0.123 e. The van der Waals surface area contributed by atoms with Crippen molar-refractivity contribution in [2.75, 3.05) is 0 Å². The highest BCUT2D eigenvalue weighted by Crippen LogP contribution is 2.30. The zero-order chi connectivity index (χ0) is 19.3. The summed E-state index contributed by atoms with van der Waals surface area (Å²) < 4.78 is 15.0. The lowest BCUT2D eigenvalue weighted by Gasteiger charge is -2.06. The molecule has 0 fully saturated rings. The molecule has 4 rings (SSSR count). The third-order valence-electron chi connectivity index (χ3n) is 4.38. The molecule has 0 atom stereocenters. The number of halogens is 2. The van der Waals surface area contributed by atoms with Crippen molar-refractivity contribution in [3.8, 4) is 16.9 Å². The molecule has 28 heavy (non-hydrogen) atoms. The number of hydrogen-bond donors (Lipinski definition) is 1. The van der Waals surface area contributed by atoms with Gasteiger partial charge in [-0.25, -0.2) is 9.07 Å². The average molecular weight is 393 g/mol. The van der Waals surface area contributed by atoms with Crippen LogP contribution in [0.25, 0.3) is 16.9 Å². The van der Waals surface area contributed by atoms with Gasteiger partial charge >= 0.3 is 0 Å². The fraction of sp³-hybridized carbons (Fsp3) is 0.0909. The molecule has 140 valence electrons. The van der Waals surface area contributed by atoms with Crippen LogP contribution in [0.5, 0.6) is 0 Å². The van der Waals surface area contributed by atoms with E-state index in [2.05, 4.69) is 10.3 Å². The molecule has 2 aromatic carbocycles. The summed E-state index contributed by atoms with van der Waals surface area (Å²) in [6.45, 7) is 1.30. The summed E-state index contributed by atoms with van der Waals surface area (Å²) >= 11 is 6.41. The third-order valence-corrected chi connectivity index (χ3v) is 4.71. The van der Waals surface area contributed by atoms with Crippen LogP contribution < -0.4 is 5.32 Å². The first kappa shape index (κ1) is 18.3. The lowest BCUT2D eigenvalue weighted by Crippen LogP contribution is -2.13. The number of pyridine rings is 1. The Hall–Kier alpha value is -3.02. The summed E-state index contributed by atoms with van der Waals surface area (Å²) in [5.74, 6) is -0.277. The van der Waals surface area contributed by atoms with Gasteiger partial charge in [-0.3, -0.25) is 4.98 Å². The Labute approximate surface area is 167 Å². The van der Waals surface area contributed by atoms with E-state index in [4.69, 9.17) is 16.7 Å². The van der Waals surface area contributed by atoms with E-state index in [0.717, 1.165) is 28.1 Å². The number of benzene rings is 2. The summed E-state index contributed by atoms with van der Waals surface area (Å²) in [6.07, 6.45) is 5.54. The van der Waals surface area contributed by atoms with Gasteiger partial charge in [0.15, 0.2) is 0 Å². The van der Waals surface area contributed by atoms with E-state index in [1.165, 1.54) is 12.1 Å². The lowest BCUT2D eigenvalue weighted by molar-refractivity contribution is 0.627. The highest BCUT2D eigenvalue weighted by atomic mass is 35.5. The third kappa shape index (κ3) is 4.11. The molecule has 0 aliphatic rings. The molecule has 1 N–H and O–H groups in total. The summed E-state index contributed by atoms with van der Waals surface area (Å²) in [5.41, 5.74) is 4.55. The SMILES string of the molecule is Fc1ccc(-n2cc(CNCc3cccnc3)c(-c3ccccc3Cl)n2)cc1. The van der Waals surface area contributed by atoms with Crippen LogP contribution >= 0.6 is 11.6 Å². The fourth-order valence-corrected chi connectivity index (χ4v) is 3.21. The molecule has 2 heterocycles. The summed E-state index contributed by atoms with van der Waals surface area (Å²) in [5, 5.41) is 8.79. The molecule has 4 nitrogen and oxygen atoms in total. The second kappa shape index (κ2) is 8.33. The quantitative estimate of drug-likeness (QED) is 0.501. The maximum atomic E-state index is 13.3. The van der Waals surface area contributed by atoms with Crippen molar-refractivity contribution in [3.63, 3.8) is 0 Å². The molecular formula is C22H18ClFN4. The van der Waals surface area contributed by atoms with Gasteiger partial charge in [-0.2, -0.15) is 5.10 Å². The molecule has 0 aliphatic heterocycles. The summed E-state index contributed by atoms with van der Waals surface area (Å²) in [7, 11) is 0. The Kier molecular flexibility index (Phi) is 5.46.